The van der Waals surface area contributed by atoms with E-state index in [1.165, 1.54) is 9.75 Å². The third kappa shape index (κ3) is 4.31. The molecule has 0 saturated heterocycles. The van der Waals surface area contributed by atoms with Crippen molar-refractivity contribution in [3.8, 4) is 10.4 Å². The topological polar surface area (TPSA) is 49.3 Å². The predicted octanol–water partition coefficient (Wildman–Crippen LogP) is 5.45. The van der Waals surface area contributed by atoms with Crippen LogP contribution in [0.15, 0.2) is 30.3 Å². The van der Waals surface area contributed by atoms with E-state index in [0.717, 1.165) is 37.8 Å². The molecule has 2 N–H and O–H groups in total. The summed E-state index contributed by atoms with van der Waals surface area (Å²) in [4.78, 5) is 13.4. The first-order valence-corrected chi connectivity index (χ1v) is 9.60. The quantitative estimate of drug-likeness (QED) is 0.720. The molecule has 1 aromatic carbocycles. The Hall–Kier alpha value is -1.07. The number of aliphatic carboxylic acids is 1. The van der Waals surface area contributed by atoms with Crippen molar-refractivity contribution in [2.75, 3.05) is 0 Å². The highest BCUT2D eigenvalue weighted by molar-refractivity contribution is 7.15. The summed E-state index contributed by atoms with van der Waals surface area (Å²) in [6, 6.07) is 10.3. The van der Waals surface area contributed by atoms with Crippen molar-refractivity contribution in [1.29, 1.82) is 0 Å². The molecule has 0 atom stereocenters. The highest BCUT2D eigenvalue weighted by Gasteiger charge is 2.25. The SMILES string of the molecule is O=C(O)C1CCC(NCc2ccc(-c3ccc(Cl)c(Cl)c3)s2)CC1. The van der Waals surface area contributed by atoms with Gasteiger partial charge in [0.2, 0.25) is 0 Å². The lowest BCUT2D eigenvalue weighted by Gasteiger charge is -2.26. The molecule has 0 spiro atoms. The maximum atomic E-state index is 11.0. The molecule has 128 valence electrons. The van der Waals surface area contributed by atoms with E-state index in [-0.39, 0.29) is 5.92 Å². The van der Waals surface area contributed by atoms with E-state index < -0.39 is 5.97 Å². The molecule has 3 nitrogen and oxygen atoms in total. The number of hydrogen-bond acceptors (Lipinski definition) is 3. The Bertz CT molecular complexity index is 724. The van der Waals surface area contributed by atoms with Gasteiger partial charge in [0.15, 0.2) is 0 Å². The maximum Gasteiger partial charge on any atom is 0.306 e. The molecule has 24 heavy (non-hydrogen) atoms. The van der Waals surface area contributed by atoms with Gasteiger partial charge in [-0.1, -0.05) is 29.3 Å². The fraction of sp³-hybridized carbons (Fsp3) is 0.389. The summed E-state index contributed by atoms with van der Waals surface area (Å²) in [6.07, 6.45) is 3.40. The molecule has 3 rings (SSSR count). The fourth-order valence-corrected chi connectivity index (χ4v) is 4.32. The molecule has 0 aliphatic heterocycles. The Kier molecular flexibility index (Phi) is 5.82. The van der Waals surface area contributed by atoms with Crippen LogP contribution in [0.4, 0.5) is 0 Å². The highest BCUT2D eigenvalue weighted by atomic mass is 35.5. The Labute approximate surface area is 155 Å². The summed E-state index contributed by atoms with van der Waals surface area (Å²) in [5, 5.41) is 13.7. The van der Waals surface area contributed by atoms with Gasteiger partial charge in [0.05, 0.1) is 16.0 Å². The predicted molar refractivity (Wildman–Crippen MR) is 100.0 cm³/mol. The lowest BCUT2D eigenvalue weighted by Crippen LogP contribution is -2.34. The summed E-state index contributed by atoms with van der Waals surface area (Å²) >= 11 is 13.8. The number of halogens is 2. The van der Waals surface area contributed by atoms with E-state index in [1.807, 2.05) is 18.2 Å². The number of carboxylic acids is 1. The average molecular weight is 384 g/mol. The molecule has 6 heteroatoms. The maximum absolute atomic E-state index is 11.0. The van der Waals surface area contributed by atoms with Crippen molar-refractivity contribution in [2.45, 2.75) is 38.3 Å². The van der Waals surface area contributed by atoms with E-state index in [1.54, 1.807) is 11.3 Å². The van der Waals surface area contributed by atoms with Crippen LogP contribution in [-0.2, 0) is 11.3 Å². The smallest absolute Gasteiger partial charge is 0.306 e. The third-order valence-corrected chi connectivity index (χ3v) is 6.38. The van der Waals surface area contributed by atoms with Gasteiger partial charge in [-0.25, -0.2) is 0 Å². The van der Waals surface area contributed by atoms with Crippen LogP contribution in [0.5, 0.6) is 0 Å². The van der Waals surface area contributed by atoms with Crippen LogP contribution in [-0.4, -0.2) is 17.1 Å². The second-order valence-electron chi connectivity index (χ2n) is 6.16. The van der Waals surface area contributed by atoms with Gasteiger partial charge in [0.25, 0.3) is 0 Å². The second-order valence-corrected chi connectivity index (χ2v) is 8.15. The van der Waals surface area contributed by atoms with Gasteiger partial charge >= 0.3 is 5.97 Å². The molecule has 0 unspecified atom stereocenters. The highest BCUT2D eigenvalue weighted by Crippen LogP contribution is 2.33. The first-order chi connectivity index (χ1) is 11.5. The minimum Gasteiger partial charge on any atom is -0.481 e. The van der Waals surface area contributed by atoms with Gasteiger partial charge in [-0.3, -0.25) is 4.79 Å². The summed E-state index contributed by atoms with van der Waals surface area (Å²) in [5.41, 5.74) is 1.07. The number of hydrogen-bond donors (Lipinski definition) is 2. The minimum atomic E-state index is -0.655. The van der Waals surface area contributed by atoms with Gasteiger partial charge < -0.3 is 10.4 Å². The molecule has 1 saturated carbocycles. The van der Waals surface area contributed by atoms with Gasteiger partial charge in [-0.15, -0.1) is 11.3 Å². The van der Waals surface area contributed by atoms with Gasteiger partial charge in [-0.05, 0) is 55.5 Å². The lowest BCUT2D eigenvalue weighted by atomic mass is 9.86. The zero-order valence-corrected chi connectivity index (χ0v) is 15.4. The van der Waals surface area contributed by atoms with E-state index >= 15 is 0 Å². The van der Waals surface area contributed by atoms with Crippen LogP contribution in [0.25, 0.3) is 10.4 Å². The van der Waals surface area contributed by atoms with Crippen molar-refractivity contribution >= 4 is 40.5 Å². The van der Waals surface area contributed by atoms with Gasteiger partial charge in [-0.2, -0.15) is 0 Å². The molecular weight excluding hydrogens is 365 g/mol. The summed E-state index contributed by atoms with van der Waals surface area (Å²) in [6.45, 7) is 0.814. The molecule has 1 fully saturated rings. The Morgan fingerprint density at radius 3 is 2.54 bits per heavy atom. The van der Waals surface area contributed by atoms with Crippen molar-refractivity contribution in [1.82, 2.24) is 5.32 Å². The zero-order valence-electron chi connectivity index (χ0n) is 13.1. The number of carbonyl (C=O) groups is 1. The largest absolute Gasteiger partial charge is 0.481 e. The number of carboxylic acid groups (broad SMARTS) is 1. The van der Waals surface area contributed by atoms with Crippen LogP contribution in [0.3, 0.4) is 0 Å². The number of benzene rings is 1. The first-order valence-electron chi connectivity index (χ1n) is 8.03. The average Bonchev–Trinajstić information content (AvgIpc) is 3.05. The number of nitrogens with one attached hydrogen (secondary N) is 1. The Morgan fingerprint density at radius 1 is 1.12 bits per heavy atom. The van der Waals surface area contributed by atoms with Crippen molar-refractivity contribution in [3.05, 3.63) is 45.3 Å². The Balaban J connectivity index is 1.55. The van der Waals surface area contributed by atoms with Gasteiger partial charge in [0.1, 0.15) is 0 Å². The van der Waals surface area contributed by atoms with Crippen LogP contribution >= 0.6 is 34.5 Å². The molecule has 0 amide bonds. The third-order valence-electron chi connectivity index (χ3n) is 4.51. The molecular formula is C18H19Cl2NO2S. The molecule has 2 aromatic rings. The summed E-state index contributed by atoms with van der Waals surface area (Å²) in [7, 11) is 0. The molecule has 1 aromatic heterocycles. The first kappa shape index (κ1) is 17.7. The standard InChI is InChI=1S/C18H19Cl2NO2S/c19-15-7-3-12(9-16(15)20)17-8-6-14(24-17)10-21-13-4-1-11(2-5-13)18(22)23/h3,6-9,11,13,21H,1-2,4-5,10H2,(H,22,23). The fourth-order valence-electron chi connectivity index (χ4n) is 3.07. The van der Waals surface area contributed by atoms with E-state index in [2.05, 4.69) is 17.4 Å². The molecule has 1 aliphatic carbocycles. The van der Waals surface area contributed by atoms with Crippen LogP contribution in [0.1, 0.15) is 30.6 Å². The van der Waals surface area contributed by atoms with Crippen LogP contribution in [0.2, 0.25) is 10.0 Å². The van der Waals surface area contributed by atoms with Crippen LogP contribution < -0.4 is 5.32 Å². The molecule has 0 bridgehead atoms. The zero-order chi connectivity index (χ0) is 17.1. The summed E-state index contributed by atoms with van der Waals surface area (Å²) < 4.78 is 0. The van der Waals surface area contributed by atoms with Crippen molar-refractivity contribution in [2.24, 2.45) is 5.92 Å². The van der Waals surface area contributed by atoms with Crippen molar-refractivity contribution in [3.63, 3.8) is 0 Å². The Morgan fingerprint density at radius 2 is 1.88 bits per heavy atom. The van der Waals surface area contributed by atoms with Gasteiger partial charge in [0, 0.05) is 22.3 Å². The minimum absolute atomic E-state index is 0.161. The second kappa shape index (κ2) is 7.87. The van der Waals surface area contributed by atoms with E-state index in [4.69, 9.17) is 28.3 Å². The molecule has 0 radical (unpaired) electrons. The number of rotatable bonds is 5. The van der Waals surface area contributed by atoms with Crippen molar-refractivity contribution < 1.29 is 9.90 Å². The van der Waals surface area contributed by atoms with Crippen LogP contribution in [0, 0.1) is 5.92 Å². The lowest BCUT2D eigenvalue weighted by molar-refractivity contribution is -0.142. The molecule has 1 aliphatic rings. The monoisotopic (exact) mass is 383 g/mol. The number of thiophene rings is 1. The summed E-state index contributed by atoms with van der Waals surface area (Å²) in [5.74, 6) is -0.816. The molecule has 1 heterocycles. The van der Waals surface area contributed by atoms with E-state index in [0.29, 0.717) is 16.1 Å². The van der Waals surface area contributed by atoms with E-state index in [9.17, 15) is 4.79 Å². The normalized spacial score (nSPS) is 20.9.